The molecule has 0 amide bonds. The van der Waals surface area contributed by atoms with Gasteiger partial charge in [-0.3, -0.25) is 4.57 Å². The number of hydrogen-bond acceptors (Lipinski definition) is 8. The molecule has 4 aromatic rings. The van der Waals surface area contributed by atoms with Crippen molar-refractivity contribution in [3.05, 3.63) is 35.0 Å². The lowest BCUT2D eigenvalue weighted by Crippen LogP contribution is -2.54. The van der Waals surface area contributed by atoms with Crippen LogP contribution in [-0.4, -0.2) is 86.6 Å². The molecule has 1 aromatic carbocycles. The van der Waals surface area contributed by atoms with Crippen molar-refractivity contribution >= 4 is 26.8 Å². The highest BCUT2D eigenvalue weighted by Gasteiger charge is 2.39. The van der Waals surface area contributed by atoms with Crippen LogP contribution in [0.5, 0.6) is 5.75 Å². The molecule has 192 valence electrons. The number of H-pyrrole nitrogens is 1. The van der Waals surface area contributed by atoms with E-state index in [0.717, 1.165) is 12.8 Å². The Bertz CT molecular complexity index is 1590. The second kappa shape index (κ2) is 9.30. The lowest BCUT2D eigenvalue weighted by Gasteiger charge is -2.41. The van der Waals surface area contributed by atoms with Gasteiger partial charge in [-0.2, -0.15) is 4.31 Å². The fourth-order valence-electron chi connectivity index (χ4n) is 4.56. The smallest absolute Gasteiger partial charge is 0.336 e. The van der Waals surface area contributed by atoms with Crippen LogP contribution in [0.3, 0.4) is 0 Å². The zero-order valence-electron chi connectivity index (χ0n) is 20.8. The monoisotopic (exact) mass is 514 g/mol. The van der Waals surface area contributed by atoms with Crippen molar-refractivity contribution < 1.29 is 13.2 Å². The number of aromatic nitrogens is 6. The summed E-state index contributed by atoms with van der Waals surface area (Å²) in [6.45, 7) is 5.86. The van der Waals surface area contributed by atoms with Crippen molar-refractivity contribution in [1.29, 1.82) is 0 Å². The van der Waals surface area contributed by atoms with Crippen molar-refractivity contribution in [3.63, 3.8) is 0 Å². The van der Waals surface area contributed by atoms with Gasteiger partial charge >= 0.3 is 5.69 Å². The maximum atomic E-state index is 13.5. The Balaban J connectivity index is 1.65. The average molecular weight is 515 g/mol. The molecule has 1 unspecified atom stereocenters. The van der Waals surface area contributed by atoms with Crippen molar-refractivity contribution in [3.8, 4) is 17.1 Å². The van der Waals surface area contributed by atoms with Gasteiger partial charge in [0, 0.05) is 25.7 Å². The summed E-state index contributed by atoms with van der Waals surface area (Å²) >= 11 is 0. The number of nitrogens with zero attached hydrogens (tertiary/aromatic N) is 7. The largest absolute Gasteiger partial charge is 0.493 e. The zero-order valence-corrected chi connectivity index (χ0v) is 21.6. The van der Waals surface area contributed by atoms with E-state index in [9.17, 15) is 13.2 Å². The predicted molar refractivity (Wildman–Crippen MR) is 135 cm³/mol. The zero-order chi connectivity index (χ0) is 25.6. The first-order valence-corrected chi connectivity index (χ1v) is 13.5. The van der Waals surface area contributed by atoms with E-state index in [4.69, 9.17) is 9.72 Å². The van der Waals surface area contributed by atoms with Gasteiger partial charge in [0.05, 0.1) is 17.1 Å². The number of benzene rings is 1. The molecule has 1 N–H and O–H groups in total. The number of aryl methyl sites for hydroxylation is 1. The number of ether oxygens (including phenoxy) is 1. The minimum Gasteiger partial charge on any atom is -0.493 e. The predicted octanol–water partition coefficient (Wildman–Crippen LogP) is 1.57. The Labute approximate surface area is 208 Å². The molecule has 0 aliphatic carbocycles. The molecule has 4 heterocycles. The van der Waals surface area contributed by atoms with Crippen LogP contribution in [0.15, 0.2) is 34.2 Å². The van der Waals surface area contributed by atoms with Gasteiger partial charge in [-0.05, 0) is 52.1 Å². The molecule has 36 heavy (non-hydrogen) atoms. The van der Waals surface area contributed by atoms with Crippen molar-refractivity contribution in [2.45, 2.75) is 44.2 Å². The van der Waals surface area contributed by atoms with E-state index in [0.29, 0.717) is 60.2 Å². The fraction of sp³-hybridized carbons (Fsp3) is 0.478. The normalized spacial score (nSPS) is 16.8. The van der Waals surface area contributed by atoms with Gasteiger partial charge in [0.25, 0.3) is 0 Å². The Morgan fingerprint density at radius 2 is 2.03 bits per heavy atom. The highest BCUT2D eigenvalue weighted by molar-refractivity contribution is 7.89. The molecule has 1 fully saturated rings. The summed E-state index contributed by atoms with van der Waals surface area (Å²) in [4.78, 5) is 23.0. The molecular weight excluding hydrogens is 484 g/mol. The minimum absolute atomic E-state index is 0.0594. The summed E-state index contributed by atoms with van der Waals surface area (Å²) in [5.41, 5.74) is 1.50. The molecule has 5 rings (SSSR count). The van der Waals surface area contributed by atoms with Crippen LogP contribution in [0.2, 0.25) is 0 Å². The molecule has 1 atom stereocenters. The summed E-state index contributed by atoms with van der Waals surface area (Å²) in [5, 5.41) is 7.96. The standard InChI is InChI=1S/C23H30N8O4S/c1-5-11-35-18-8-7-16(36(33,34)31-10-9-15(31)13-28(3)4)12-17(18)20-25-19-21(26-20)29(6-2)23(32)30-14-24-27-22(19)30/h7-8,12,14-15H,5-6,9-11,13H2,1-4H3,(H,25,26). The summed E-state index contributed by atoms with van der Waals surface area (Å²) in [6, 6.07) is 4.79. The Morgan fingerprint density at radius 3 is 2.69 bits per heavy atom. The number of likely N-dealkylation sites (N-methyl/N-ethyl adjacent to an activating group) is 1. The van der Waals surface area contributed by atoms with Crippen molar-refractivity contribution in [1.82, 2.24) is 38.3 Å². The van der Waals surface area contributed by atoms with E-state index in [2.05, 4.69) is 15.2 Å². The molecule has 13 heteroatoms. The van der Waals surface area contributed by atoms with Crippen LogP contribution in [0.1, 0.15) is 26.7 Å². The summed E-state index contributed by atoms with van der Waals surface area (Å²) in [5.74, 6) is 0.894. The Kier molecular flexibility index (Phi) is 6.30. The minimum atomic E-state index is -3.71. The van der Waals surface area contributed by atoms with Crippen molar-refractivity contribution in [2.75, 3.05) is 33.8 Å². The highest BCUT2D eigenvalue weighted by atomic mass is 32.2. The van der Waals surface area contributed by atoms with Gasteiger partial charge in [0.15, 0.2) is 11.3 Å². The first-order chi connectivity index (χ1) is 17.3. The van der Waals surface area contributed by atoms with Crippen LogP contribution in [0.25, 0.3) is 28.2 Å². The van der Waals surface area contributed by atoms with Crippen molar-refractivity contribution in [2.24, 2.45) is 0 Å². The van der Waals surface area contributed by atoms with Gasteiger partial charge in [-0.1, -0.05) is 6.92 Å². The van der Waals surface area contributed by atoms with Crippen LogP contribution >= 0.6 is 0 Å². The van der Waals surface area contributed by atoms with Crippen LogP contribution in [0.4, 0.5) is 0 Å². The molecule has 12 nitrogen and oxygen atoms in total. The van der Waals surface area contributed by atoms with Gasteiger partial charge in [0.1, 0.15) is 23.4 Å². The molecule has 1 aliphatic rings. The number of sulfonamides is 1. The third-order valence-corrected chi connectivity index (χ3v) is 8.35. The molecular formula is C23H30N8O4S. The van der Waals surface area contributed by atoms with Gasteiger partial charge in [0.2, 0.25) is 10.0 Å². The molecule has 0 radical (unpaired) electrons. The lowest BCUT2D eigenvalue weighted by atomic mass is 10.1. The summed E-state index contributed by atoms with van der Waals surface area (Å²) in [7, 11) is 0.159. The third kappa shape index (κ3) is 3.96. The van der Waals surface area contributed by atoms with E-state index in [1.807, 2.05) is 32.8 Å². The maximum Gasteiger partial charge on any atom is 0.336 e. The summed E-state index contributed by atoms with van der Waals surface area (Å²) < 4.78 is 37.5. The lowest BCUT2D eigenvalue weighted by molar-refractivity contribution is 0.159. The number of hydrogen-bond donors (Lipinski definition) is 1. The summed E-state index contributed by atoms with van der Waals surface area (Å²) in [6.07, 6.45) is 2.98. The number of fused-ring (bicyclic) bond motifs is 3. The molecule has 0 bridgehead atoms. The van der Waals surface area contributed by atoms with Crippen LogP contribution < -0.4 is 10.4 Å². The van der Waals surface area contributed by atoms with Gasteiger partial charge in [-0.15, -0.1) is 10.2 Å². The molecule has 0 spiro atoms. The third-order valence-electron chi connectivity index (χ3n) is 6.41. The Morgan fingerprint density at radius 1 is 1.22 bits per heavy atom. The number of aromatic amines is 1. The van der Waals surface area contributed by atoms with E-state index in [1.54, 1.807) is 22.5 Å². The van der Waals surface area contributed by atoms with Crippen LogP contribution in [-0.2, 0) is 16.6 Å². The van der Waals surface area contributed by atoms with Gasteiger partial charge in [-0.25, -0.2) is 22.6 Å². The number of nitrogens with one attached hydrogen (secondary N) is 1. The van der Waals surface area contributed by atoms with Gasteiger partial charge < -0.3 is 14.6 Å². The Hall–Kier alpha value is -3.29. The second-order valence-corrected chi connectivity index (χ2v) is 11.1. The SMILES string of the molecule is CCCOc1ccc(S(=O)(=O)N2CCC2CN(C)C)cc1-c1nc2c([nH]1)c1nncn1c(=O)n2CC. The van der Waals surface area contributed by atoms with E-state index < -0.39 is 10.0 Å². The molecule has 1 saturated heterocycles. The molecule has 3 aromatic heterocycles. The first-order valence-electron chi connectivity index (χ1n) is 12.0. The maximum absolute atomic E-state index is 13.5. The first kappa shape index (κ1) is 24.4. The fourth-order valence-corrected chi connectivity index (χ4v) is 6.25. The van der Waals surface area contributed by atoms with E-state index in [-0.39, 0.29) is 16.6 Å². The topological polar surface area (TPSA) is 131 Å². The van der Waals surface area contributed by atoms with Crippen LogP contribution in [0, 0.1) is 0 Å². The van der Waals surface area contributed by atoms with E-state index in [1.165, 1.54) is 15.3 Å². The molecule has 1 aliphatic heterocycles. The molecule has 0 saturated carbocycles. The average Bonchev–Trinajstić information content (AvgIpc) is 3.48. The quantitative estimate of drug-likeness (QED) is 0.356. The second-order valence-electron chi connectivity index (χ2n) is 9.16. The number of rotatable bonds is 9. The highest BCUT2D eigenvalue weighted by Crippen LogP contribution is 2.35. The van der Waals surface area contributed by atoms with E-state index >= 15 is 0 Å². The number of imidazole rings is 1.